The second-order valence-corrected chi connectivity index (χ2v) is 5.28. The SMILES string of the molecule is CNC(c1cccc(C(F)(F)F)c1)c1ccc(Cl)cc1C. The van der Waals surface area contributed by atoms with Crippen LogP contribution in [0.2, 0.25) is 5.02 Å². The Morgan fingerprint density at radius 1 is 1.10 bits per heavy atom. The Hall–Kier alpha value is -1.52. The lowest BCUT2D eigenvalue weighted by molar-refractivity contribution is -0.137. The average Bonchev–Trinajstić information content (AvgIpc) is 2.41. The molecule has 112 valence electrons. The predicted molar refractivity (Wildman–Crippen MR) is 78.5 cm³/mol. The number of aryl methyl sites for hydroxylation is 1. The van der Waals surface area contributed by atoms with E-state index in [9.17, 15) is 13.2 Å². The van der Waals surface area contributed by atoms with Crippen molar-refractivity contribution in [2.45, 2.75) is 19.1 Å². The molecule has 0 saturated heterocycles. The van der Waals surface area contributed by atoms with Crippen LogP contribution in [0.5, 0.6) is 0 Å². The van der Waals surface area contributed by atoms with Crippen LogP contribution in [0.3, 0.4) is 0 Å². The summed E-state index contributed by atoms with van der Waals surface area (Å²) < 4.78 is 38.5. The van der Waals surface area contributed by atoms with Crippen molar-refractivity contribution in [1.82, 2.24) is 5.32 Å². The van der Waals surface area contributed by atoms with Crippen molar-refractivity contribution in [3.8, 4) is 0 Å². The second-order valence-electron chi connectivity index (χ2n) is 4.85. The topological polar surface area (TPSA) is 12.0 Å². The van der Waals surface area contributed by atoms with Gasteiger partial charge in [-0.2, -0.15) is 13.2 Å². The fourth-order valence-corrected chi connectivity index (χ4v) is 2.59. The van der Waals surface area contributed by atoms with Crippen LogP contribution in [-0.2, 0) is 6.18 Å². The quantitative estimate of drug-likeness (QED) is 0.843. The van der Waals surface area contributed by atoms with Crippen LogP contribution in [-0.4, -0.2) is 7.05 Å². The van der Waals surface area contributed by atoms with Crippen LogP contribution < -0.4 is 5.32 Å². The van der Waals surface area contributed by atoms with Crippen molar-refractivity contribution in [3.63, 3.8) is 0 Å². The van der Waals surface area contributed by atoms with Gasteiger partial charge in [-0.25, -0.2) is 0 Å². The van der Waals surface area contributed by atoms with Crippen molar-refractivity contribution in [2.24, 2.45) is 0 Å². The van der Waals surface area contributed by atoms with Gasteiger partial charge in [-0.3, -0.25) is 0 Å². The Morgan fingerprint density at radius 3 is 2.38 bits per heavy atom. The first-order chi connectivity index (χ1) is 9.82. The standard InChI is InChI=1S/C16H15ClF3N/c1-10-8-13(17)6-7-14(10)15(21-2)11-4-3-5-12(9-11)16(18,19)20/h3-9,15,21H,1-2H3. The number of rotatable bonds is 3. The van der Waals surface area contributed by atoms with Gasteiger partial charge in [-0.15, -0.1) is 0 Å². The predicted octanol–water partition coefficient (Wildman–Crippen LogP) is 4.98. The highest BCUT2D eigenvalue weighted by atomic mass is 35.5. The maximum absolute atomic E-state index is 12.8. The molecule has 2 rings (SSSR count). The van der Waals surface area contributed by atoms with Gasteiger partial charge in [0.2, 0.25) is 0 Å². The van der Waals surface area contributed by atoms with E-state index in [1.54, 1.807) is 25.2 Å². The van der Waals surface area contributed by atoms with Gasteiger partial charge in [0.25, 0.3) is 0 Å². The molecule has 0 spiro atoms. The molecule has 0 amide bonds. The van der Waals surface area contributed by atoms with Gasteiger partial charge in [-0.05, 0) is 54.9 Å². The molecule has 21 heavy (non-hydrogen) atoms. The van der Waals surface area contributed by atoms with Gasteiger partial charge in [0.1, 0.15) is 0 Å². The Bertz CT molecular complexity index is 638. The third-order valence-corrected chi connectivity index (χ3v) is 3.61. The summed E-state index contributed by atoms with van der Waals surface area (Å²) in [6.45, 7) is 1.89. The smallest absolute Gasteiger partial charge is 0.309 e. The molecule has 5 heteroatoms. The first-order valence-electron chi connectivity index (χ1n) is 6.43. The van der Waals surface area contributed by atoms with Gasteiger partial charge in [-0.1, -0.05) is 29.8 Å². The molecule has 0 aliphatic carbocycles. The molecule has 1 nitrogen and oxygen atoms in total. The van der Waals surface area contributed by atoms with Crippen molar-refractivity contribution in [2.75, 3.05) is 7.05 Å². The Kier molecular flexibility index (Phi) is 4.59. The van der Waals surface area contributed by atoms with Crippen molar-refractivity contribution in [3.05, 3.63) is 69.7 Å². The number of benzene rings is 2. The average molecular weight is 314 g/mol. The van der Waals surface area contributed by atoms with E-state index in [-0.39, 0.29) is 6.04 Å². The van der Waals surface area contributed by atoms with E-state index in [1.807, 2.05) is 13.0 Å². The molecule has 1 N–H and O–H groups in total. The summed E-state index contributed by atoms with van der Waals surface area (Å²) in [6, 6.07) is 10.4. The fourth-order valence-electron chi connectivity index (χ4n) is 2.36. The summed E-state index contributed by atoms with van der Waals surface area (Å²) >= 11 is 5.93. The van der Waals surface area contributed by atoms with Gasteiger partial charge in [0, 0.05) is 5.02 Å². The van der Waals surface area contributed by atoms with E-state index in [0.717, 1.165) is 17.2 Å². The normalized spacial score (nSPS) is 13.2. The van der Waals surface area contributed by atoms with Gasteiger partial charge < -0.3 is 5.32 Å². The van der Waals surface area contributed by atoms with Gasteiger partial charge in [0.15, 0.2) is 0 Å². The monoisotopic (exact) mass is 313 g/mol. The second kappa shape index (κ2) is 6.08. The lowest BCUT2D eigenvalue weighted by Gasteiger charge is -2.20. The van der Waals surface area contributed by atoms with E-state index in [1.165, 1.54) is 12.1 Å². The Balaban J connectivity index is 2.47. The molecule has 1 unspecified atom stereocenters. The van der Waals surface area contributed by atoms with Crippen molar-refractivity contribution >= 4 is 11.6 Å². The molecule has 0 aliphatic rings. The van der Waals surface area contributed by atoms with E-state index in [2.05, 4.69) is 5.32 Å². The largest absolute Gasteiger partial charge is 0.416 e. The molecular weight excluding hydrogens is 299 g/mol. The van der Waals surface area contributed by atoms with E-state index in [0.29, 0.717) is 10.6 Å². The number of alkyl halides is 3. The van der Waals surface area contributed by atoms with Gasteiger partial charge in [0.05, 0.1) is 11.6 Å². The highest BCUT2D eigenvalue weighted by molar-refractivity contribution is 6.30. The maximum atomic E-state index is 12.8. The van der Waals surface area contributed by atoms with Crippen LogP contribution in [0.4, 0.5) is 13.2 Å². The zero-order valence-electron chi connectivity index (χ0n) is 11.6. The van der Waals surface area contributed by atoms with Crippen molar-refractivity contribution in [1.29, 1.82) is 0 Å². The minimum absolute atomic E-state index is 0.315. The maximum Gasteiger partial charge on any atom is 0.416 e. The lowest BCUT2D eigenvalue weighted by Crippen LogP contribution is -2.19. The summed E-state index contributed by atoms with van der Waals surface area (Å²) in [5, 5.41) is 3.67. The highest BCUT2D eigenvalue weighted by Crippen LogP contribution is 2.33. The molecule has 0 heterocycles. The third kappa shape index (κ3) is 3.57. The van der Waals surface area contributed by atoms with Crippen molar-refractivity contribution < 1.29 is 13.2 Å². The molecule has 0 aliphatic heterocycles. The minimum atomic E-state index is -4.34. The van der Waals surface area contributed by atoms with Gasteiger partial charge >= 0.3 is 6.18 Å². The number of hydrogen-bond donors (Lipinski definition) is 1. The fraction of sp³-hybridized carbons (Fsp3) is 0.250. The molecule has 0 bridgehead atoms. The van der Waals surface area contributed by atoms with E-state index >= 15 is 0 Å². The minimum Gasteiger partial charge on any atom is -0.309 e. The summed E-state index contributed by atoms with van der Waals surface area (Å²) in [5.41, 5.74) is 1.75. The number of nitrogens with one attached hydrogen (secondary N) is 1. The summed E-state index contributed by atoms with van der Waals surface area (Å²) in [4.78, 5) is 0. The molecule has 2 aromatic rings. The molecule has 0 radical (unpaired) electrons. The summed E-state index contributed by atoms with van der Waals surface area (Å²) in [6.07, 6.45) is -4.34. The van der Waals surface area contributed by atoms with Crippen LogP contribution >= 0.6 is 11.6 Å². The molecule has 0 aromatic heterocycles. The number of halogens is 4. The Morgan fingerprint density at radius 2 is 1.81 bits per heavy atom. The first kappa shape index (κ1) is 15.9. The summed E-state index contributed by atoms with van der Waals surface area (Å²) in [7, 11) is 1.72. The van der Waals surface area contributed by atoms with Crippen LogP contribution in [0.15, 0.2) is 42.5 Å². The summed E-state index contributed by atoms with van der Waals surface area (Å²) in [5.74, 6) is 0. The first-order valence-corrected chi connectivity index (χ1v) is 6.81. The lowest BCUT2D eigenvalue weighted by atomic mass is 9.94. The molecule has 0 saturated carbocycles. The van der Waals surface area contributed by atoms with E-state index in [4.69, 9.17) is 11.6 Å². The van der Waals surface area contributed by atoms with Crippen LogP contribution in [0.25, 0.3) is 0 Å². The molecule has 2 aromatic carbocycles. The number of hydrogen-bond acceptors (Lipinski definition) is 1. The molecule has 1 atom stereocenters. The Labute approximate surface area is 126 Å². The molecular formula is C16H15ClF3N. The third-order valence-electron chi connectivity index (χ3n) is 3.38. The van der Waals surface area contributed by atoms with Crippen LogP contribution in [0.1, 0.15) is 28.3 Å². The zero-order valence-corrected chi connectivity index (χ0v) is 12.4. The van der Waals surface area contributed by atoms with Crippen LogP contribution in [0, 0.1) is 6.92 Å². The van der Waals surface area contributed by atoms with E-state index < -0.39 is 11.7 Å². The zero-order chi connectivity index (χ0) is 15.6. The highest BCUT2D eigenvalue weighted by Gasteiger charge is 2.31. The molecule has 0 fully saturated rings.